The molecular formula is C14H20BrClN2O. The molecule has 0 aliphatic heterocycles. The van der Waals surface area contributed by atoms with Gasteiger partial charge in [0.15, 0.2) is 0 Å². The van der Waals surface area contributed by atoms with Crippen LogP contribution in [0.1, 0.15) is 31.2 Å². The first-order chi connectivity index (χ1) is 8.56. The van der Waals surface area contributed by atoms with E-state index < -0.39 is 0 Å². The Balaban J connectivity index is 0.00000180. The Labute approximate surface area is 128 Å². The lowest BCUT2D eigenvalue weighted by Gasteiger charge is -2.15. The van der Waals surface area contributed by atoms with Crippen molar-refractivity contribution in [1.29, 1.82) is 0 Å². The average Bonchev–Trinajstić information content (AvgIpc) is 2.69. The normalized spacial score (nSPS) is 21.8. The summed E-state index contributed by atoms with van der Waals surface area (Å²) in [5.41, 5.74) is 7.93. The number of hydrogen-bond acceptors (Lipinski definition) is 2. The van der Waals surface area contributed by atoms with E-state index in [0.717, 1.165) is 35.0 Å². The zero-order chi connectivity index (χ0) is 13.1. The number of anilines is 1. The molecule has 1 saturated carbocycles. The molecular weight excluding hydrogens is 328 g/mol. The maximum Gasteiger partial charge on any atom is 0.224 e. The number of hydrogen-bond donors (Lipinski definition) is 2. The van der Waals surface area contributed by atoms with Gasteiger partial charge in [0.2, 0.25) is 5.91 Å². The van der Waals surface area contributed by atoms with Crippen molar-refractivity contribution < 1.29 is 4.79 Å². The minimum Gasteiger partial charge on any atom is -0.327 e. The van der Waals surface area contributed by atoms with Crippen molar-refractivity contribution in [2.45, 2.75) is 38.6 Å². The van der Waals surface area contributed by atoms with Crippen molar-refractivity contribution in [3.63, 3.8) is 0 Å². The molecule has 1 aliphatic carbocycles. The molecule has 1 fully saturated rings. The Hall–Kier alpha value is -0.580. The fraction of sp³-hybridized carbons (Fsp3) is 0.500. The molecule has 2 atom stereocenters. The molecule has 0 heterocycles. The van der Waals surface area contributed by atoms with Gasteiger partial charge in [-0.25, -0.2) is 0 Å². The lowest BCUT2D eigenvalue weighted by molar-refractivity contribution is -0.117. The van der Waals surface area contributed by atoms with Gasteiger partial charge in [-0.3, -0.25) is 4.79 Å². The molecule has 0 saturated heterocycles. The van der Waals surface area contributed by atoms with Gasteiger partial charge in [-0.1, -0.05) is 22.4 Å². The van der Waals surface area contributed by atoms with Gasteiger partial charge in [0.05, 0.1) is 0 Å². The largest absolute Gasteiger partial charge is 0.327 e. The van der Waals surface area contributed by atoms with Crippen LogP contribution in [-0.4, -0.2) is 11.9 Å². The minimum atomic E-state index is 0. The molecule has 106 valence electrons. The third kappa shape index (κ3) is 4.48. The quantitative estimate of drug-likeness (QED) is 0.877. The lowest BCUT2D eigenvalue weighted by Crippen LogP contribution is -2.28. The zero-order valence-corrected chi connectivity index (χ0v) is 13.4. The smallest absolute Gasteiger partial charge is 0.224 e. The van der Waals surface area contributed by atoms with Crippen LogP contribution in [0.5, 0.6) is 0 Å². The Morgan fingerprint density at radius 3 is 2.79 bits per heavy atom. The number of halogens is 2. The van der Waals surface area contributed by atoms with Crippen LogP contribution in [0.3, 0.4) is 0 Å². The highest BCUT2D eigenvalue weighted by Gasteiger charge is 2.26. The summed E-state index contributed by atoms with van der Waals surface area (Å²) in [7, 11) is 0. The fourth-order valence-electron chi connectivity index (χ4n) is 2.53. The van der Waals surface area contributed by atoms with Crippen molar-refractivity contribution in [1.82, 2.24) is 0 Å². The van der Waals surface area contributed by atoms with E-state index in [9.17, 15) is 4.79 Å². The fourth-order valence-corrected chi connectivity index (χ4v) is 3.00. The Bertz CT molecular complexity index is 453. The lowest BCUT2D eigenvalue weighted by atomic mass is 10.00. The summed E-state index contributed by atoms with van der Waals surface area (Å²) in [4.78, 5) is 12.0. The molecule has 0 unspecified atom stereocenters. The standard InChI is InChI=1S/C14H19BrN2O.ClH/c1-9-7-11(15)5-6-13(9)17-14(18)8-10-3-2-4-12(10)16;/h5-7,10,12H,2-4,8,16H2,1H3,(H,17,18);1H/t10-,12+;/m0./s1. The zero-order valence-electron chi connectivity index (χ0n) is 11.0. The highest BCUT2D eigenvalue weighted by molar-refractivity contribution is 9.10. The first kappa shape index (κ1) is 16.5. The van der Waals surface area contributed by atoms with Crippen LogP contribution >= 0.6 is 28.3 Å². The van der Waals surface area contributed by atoms with Crippen LogP contribution in [0.25, 0.3) is 0 Å². The molecule has 1 aromatic carbocycles. The number of aryl methyl sites for hydroxylation is 1. The molecule has 1 aliphatic rings. The van der Waals surface area contributed by atoms with Crippen molar-refractivity contribution in [2.75, 3.05) is 5.32 Å². The van der Waals surface area contributed by atoms with Gasteiger partial charge in [0, 0.05) is 22.6 Å². The molecule has 1 amide bonds. The van der Waals surface area contributed by atoms with Gasteiger partial charge in [-0.05, 0) is 49.4 Å². The van der Waals surface area contributed by atoms with E-state index >= 15 is 0 Å². The molecule has 2 rings (SSSR count). The molecule has 1 aromatic rings. The SMILES string of the molecule is Cc1cc(Br)ccc1NC(=O)C[C@@H]1CCC[C@H]1N.Cl. The molecule has 0 aromatic heterocycles. The van der Waals surface area contributed by atoms with Crippen molar-refractivity contribution in [3.8, 4) is 0 Å². The summed E-state index contributed by atoms with van der Waals surface area (Å²) in [6.45, 7) is 1.99. The van der Waals surface area contributed by atoms with Crippen LogP contribution in [-0.2, 0) is 4.79 Å². The number of carbonyl (C=O) groups excluding carboxylic acids is 1. The number of benzene rings is 1. The number of carbonyl (C=O) groups is 1. The summed E-state index contributed by atoms with van der Waals surface area (Å²) in [6.07, 6.45) is 3.82. The predicted octanol–water partition coefficient (Wildman–Crippen LogP) is 3.64. The summed E-state index contributed by atoms with van der Waals surface area (Å²) in [5, 5.41) is 2.97. The second-order valence-electron chi connectivity index (χ2n) is 5.07. The number of rotatable bonds is 3. The number of nitrogens with two attached hydrogens (primary N) is 1. The van der Waals surface area contributed by atoms with Crippen molar-refractivity contribution in [3.05, 3.63) is 28.2 Å². The maximum absolute atomic E-state index is 12.0. The highest BCUT2D eigenvalue weighted by atomic mass is 79.9. The monoisotopic (exact) mass is 346 g/mol. The van der Waals surface area contributed by atoms with Crippen molar-refractivity contribution >= 4 is 39.9 Å². The minimum absolute atomic E-state index is 0. The van der Waals surface area contributed by atoms with Crippen LogP contribution in [0.4, 0.5) is 5.69 Å². The van der Waals surface area contributed by atoms with E-state index in [2.05, 4.69) is 21.2 Å². The van der Waals surface area contributed by atoms with E-state index in [4.69, 9.17) is 5.73 Å². The summed E-state index contributed by atoms with van der Waals surface area (Å²) >= 11 is 3.41. The van der Waals surface area contributed by atoms with E-state index in [1.54, 1.807) is 0 Å². The number of amides is 1. The highest BCUT2D eigenvalue weighted by Crippen LogP contribution is 2.27. The first-order valence-corrected chi connectivity index (χ1v) is 7.17. The molecule has 5 heteroatoms. The van der Waals surface area contributed by atoms with Crippen molar-refractivity contribution in [2.24, 2.45) is 11.7 Å². The topological polar surface area (TPSA) is 55.1 Å². The van der Waals surface area contributed by atoms with Gasteiger partial charge in [-0.15, -0.1) is 12.4 Å². The van der Waals surface area contributed by atoms with E-state index in [-0.39, 0.29) is 24.4 Å². The molecule has 3 N–H and O–H groups in total. The van der Waals surface area contributed by atoms with Gasteiger partial charge in [0.1, 0.15) is 0 Å². The molecule has 0 bridgehead atoms. The third-order valence-corrected chi connectivity index (χ3v) is 4.12. The maximum atomic E-state index is 12.0. The molecule has 19 heavy (non-hydrogen) atoms. The summed E-state index contributed by atoms with van der Waals surface area (Å²) < 4.78 is 1.02. The van der Waals surface area contributed by atoms with E-state index in [1.165, 1.54) is 0 Å². The summed E-state index contributed by atoms with van der Waals surface area (Å²) in [5.74, 6) is 0.420. The first-order valence-electron chi connectivity index (χ1n) is 6.38. The Kier molecular flexibility index (Phi) is 6.30. The van der Waals surface area contributed by atoms with Gasteiger partial charge in [-0.2, -0.15) is 0 Å². The second-order valence-corrected chi connectivity index (χ2v) is 5.98. The third-order valence-electron chi connectivity index (χ3n) is 3.63. The number of nitrogens with one attached hydrogen (secondary N) is 1. The average molecular weight is 348 g/mol. The molecule has 0 spiro atoms. The van der Waals surface area contributed by atoms with E-state index in [1.807, 2.05) is 25.1 Å². The van der Waals surface area contributed by atoms with Crippen LogP contribution in [0, 0.1) is 12.8 Å². The molecule has 0 radical (unpaired) electrons. The second kappa shape index (κ2) is 7.27. The summed E-state index contributed by atoms with van der Waals surface area (Å²) in [6, 6.07) is 6.05. The Morgan fingerprint density at radius 1 is 1.47 bits per heavy atom. The van der Waals surface area contributed by atoms with Crippen LogP contribution in [0.2, 0.25) is 0 Å². The predicted molar refractivity (Wildman–Crippen MR) is 84.7 cm³/mol. The van der Waals surface area contributed by atoms with Crippen LogP contribution < -0.4 is 11.1 Å². The van der Waals surface area contributed by atoms with Gasteiger partial charge >= 0.3 is 0 Å². The Morgan fingerprint density at radius 2 is 2.21 bits per heavy atom. The van der Waals surface area contributed by atoms with Gasteiger partial charge < -0.3 is 11.1 Å². The van der Waals surface area contributed by atoms with Crippen LogP contribution in [0.15, 0.2) is 22.7 Å². The van der Waals surface area contributed by atoms with Gasteiger partial charge in [0.25, 0.3) is 0 Å². The molecule has 3 nitrogen and oxygen atoms in total. The van der Waals surface area contributed by atoms with E-state index in [0.29, 0.717) is 12.3 Å².